The molecule has 1 rings (SSSR count). The largest absolute Gasteiger partial charge is 0.399 e. The van der Waals surface area contributed by atoms with Gasteiger partial charge in [0.15, 0.2) is 0 Å². The van der Waals surface area contributed by atoms with Gasteiger partial charge in [-0.2, -0.15) is 5.26 Å². The van der Waals surface area contributed by atoms with Crippen LogP contribution in [0.15, 0.2) is 18.2 Å². The fourth-order valence-corrected chi connectivity index (χ4v) is 1.30. The van der Waals surface area contributed by atoms with Crippen LogP contribution in [0.2, 0.25) is 0 Å². The number of benzene rings is 1. The van der Waals surface area contributed by atoms with Gasteiger partial charge in [-0.3, -0.25) is 4.79 Å². The van der Waals surface area contributed by atoms with Crippen molar-refractivity contribution in [3.05, 3.63) is 23.8 Å². The van der Waals surface area contributed by atoms with Gasteiger partial charge in [-0.1, -0.05) is 0 Å². The Morgan fingerprint density at radius 1 is 1.50 bits per heavy atom. The molecule has 0 aliphatic carbocycles. The van der Waals surface area contributed by atoms with E-state index in [4.69, 9.17) is 16.7 Å². The lowest BCUT2D eigenvalue weighted by atomic mass is 10.1. The quantitative estimate of drug-likeness (QED) is 0.734. The van der Waals surface area contributed by atoms with Crippen LogP contribution >= 0.6 is 0 Å². The Morgan fingerprint density at radius 2 is 2.19 bits per heavy atom. The first-order chi connectivity index (χ1) is 7.56. The molecule has 0 fully saturated rings. The Kier molecular flexibility index (Phi) is 3.72. The molecule has 84 valence electrons. The Morgan fingerprint density at radius 3 is 2.75 bits per heavy atom. The maximum atomic E-state index is 11.9. The fourth-order valence-electron chi connectivity index (χ4n) is 1.30. The highest BCUT2D eigenvalue weighted by Gasteiger charge is 2.14. The molecule has 0 aliphatic heterocycles. The van der Waals surface area contributed by atoms with Crippen molar-refractivity contribution in [3.8, 4) is 6.07 Å². The minimum absolute atomic E-state index is 0.201. The third kappa shape index (κ3) is 2.64. The molecule has 0 bridgehead atoms. The van der Waals surface area contributed by atoms with Gasteiger partial charge in [0.25, 0.3) is 5.91 Å². The summed E-state index contributed by atoms with van der Waals surface area (Å²) in [6, 6.07) is 6.75. The zero-order valence-corrected chi connectivity index (χ0v) is 9.10. The number of rotatable bonds is 3. The summed E-state index contributed by atoms with van der Waals surface area (Å²) in [5, 5.41) is 8.43. The molecule has 0 aliphatic rings. The van der Waals surface area contributed by atoms with E-state index in [-0.39, 0.29) is 5.91 Å². The minimum Gasteiger partial charge on any atom is -0.399 e. The Hall–Kier alpha value is -2.22. The average molecular weight is 218 g/mol. The maximum absolute atomic E-state index is 11.9. The minimum atomic E-state index is -0.201. The van der Waals surface area contributed by atoms with Gasteiger partial charge >= 0.3 is 0 Å². The van der Waals surface area contributed by atoms with Gasteiger partial charge in [0.05, 0.1) is 18.1 Å². The third-order valence-electron chi connectivity index (χ3n) is 2.21. The second-order valence-electron chi connectivity index (χ2n) is 3.48. The van der Waals surface area contributed by atoms with Crippen LogP contribution in [0.5, 0.6) is 0 Å². The maximum Gasteiger partial charge on any atom is 0.255 e. The van der Waals surface area contributed by atoms with Gasteiger partial charge in [0.1, 0.15) is 0 Å². The van der Waals surface area contributed by atoms with Crippen LogP contribution in [0.4, 0.5) is 11.4 Å². The second kappa shape index (κ2) is 5.03. The summed E-state index contributed by atoms with van der Waals surface area (Å²) < 4.78 is 0. The van der Waals surface area contributed by atoms with Crippen molar-refractivity contribution in [3.63, 3.8) is 0 Å². The molecule has 0 spiro atoms. The summed E-state index contributed by atoms with van der Waals surface area (Å²) in [5.41, 5.74) is 12.5. The van der Waals surface area contributed by atoms with E-state index in [9.17, 15) is 4.79 Å². The molecular weight excluding hydrogens is 204 g/mol. The first-order valence-corrected chi connectivity index (χ1v) is 4.83. The molecule has 0 atom stereocenters. The predicted molar refractivity (Wildman–Crippen MR) is 62.5 cm³/mol. The van der Waals surface area contributed by atoms with E-state index in [0.29, 0.717) is 29.9 Å². The van der Waals surface area contributed by atoms with Crippen molar-refractivity contribution in [1.29, 1.82) is 5.26 Å². The van der Waals surface area contributed by atoms with E-state index in [1.165, 1.54) is 4.90 Å². The van der Waals surface area contributed by atoms with Gasteiger partial charge in [-0.05, 0) is 18.2 Å². The van der Waals surface area contributed by atoms with Crippen LogP contribution in [0.3, 0.4) is 0 Å². The SMILES string of the molecule is CN(CCC#N)C(=O)c1ccc(N)cc1N. The summed E-state index contributed by atoms with van der Waals surface area (Å²) >= 11 is 0. The average Bonchev–Trinajstić information content (AvgIpc) is 2.25. The van der Waals surface area contributed by atoms with Crippen LogP contribution in [0.25, 0.3) is 0 Å². The molecule has 1 aromatic rings. The molecule has 0 heterocycles. The van der Waals surface area contributed by atoms with Gasteiger partial charge in [0, 0.05) is 25.0 Å². The number of anilines is 2. The van der Waals surface area contributed by atoms with Crippen molar-refractivity contribution in [2.24, 2.45) is 0 Å². The van der Waals surface area contributed by atoms with Crippen LogP contribution in [0.1, 0.15) is 16.8 Å². The van der Waals surface area contributed by atoms with Crippen LogP contribution in [-0.4, -0.2) is 24.4 Å². The van der Waals surface area contributed by atoms with Crippen molar-refractivity contribution in [2.45, 2.75) is 6.42 Å². The van der Waals surface area contributed by atoms with Gasteiger partial charge in [-0.25, -0.2) is 0 Å². The fraction of sp³-hybridized carbons (Fsp3) is 0.273. The number of hydrogen-bond donors (Lipinski definition) is 2. The normalized spacial score (nSPS) is 9.50. The lowest BCUT2D eigenvalue weighted by Gasteiger charge is -2.16. The molecule has 5 heteroatoms. The monoisotopic (exact) mass is 218 g/mol. The highest BCUT2D eigenvalue weighted by molar-refractivity contribution is 5.99. The van der Waals surface area contributed by atoms with Crippen molar-refractivity contribution < 1.29 is 4.79 Å². The summed E-state index contributed by atoms with van der Waals surface area (Å²) in [7, 11) is 1.63. The third-order valence-corrected chi connectivity index (χ3v) is 2.21. The zero-order chi connectivity index (χ0) is 12.1. The molecule has 0 saturated heterocycles. The summed E-state index contributed by atoms with van der Waals surface area (Å²) in [6.45, 7) is 0.388. The molecular formula is C11H14N4O. The summed E-state index contributed by atoms with van der Waals surface area (Å²) in [5.74, 6) is -0.201. The topological polar surface area (TPSA) is 96.1 Å². The van der Waals surface area contributed by atoms with E-state index < -0.39 is 0 Å². The Balaban J connectivity index is 2.84. The number of nitrogen functional groups attached to an aromatic ring is 2. The number of nitrogens with two attached hydrogens (primary N) is 2. The van der Waals surface area contributed by atoms with E-state index in [1.807, 2.05) is 6.07 Å². The van der Waals surface area contributed by atoms with E-state index in [2.05, 4.69) is 0 Å². The number of carbonyl (C=O) groups is 1. The van der Waals surface area contributed by atoms with Gasteiger partial charge < -0.3 is 16.4 Å². The molecule has 4 N–H and O–H groups in total. The summed E-state index contributed by atoms with van der Waals surface area (Å²) in [4.78, 5) is 13.3. The Bertz CT molecular complexity index is 436. The van der Waals surface area contributed by atoms with Crippen LogP contribution < -0.4 is 11.5 Å². The molecule has 0 saturated carbocycles. The standard InChI is InChI=1S/C11H14N4O/c1-15(6-2-5-12)11(16)9-4-3-8(13)7-10(9)14/h3-4,7H,2,6,13-14H2,1H3. The number of amides is 1. The second-order valence-corrected chi connectivity index (χ2v) is 3.48. The molecule has 5 nitrogen and oxygen atoms in total. The smallest absolute Gasteiger partial charge is 0.255 e. The highest BCUT2D eigenvalue weighted by Crippen LogP contribution is 2.17. The van der Waals surface area contributed by atoms with Gasteiger partial charge in [0.2, 0.25) is 0 Å². The molecule has 16 heavy (non-hydrogen) atoms. The first kappa shape index (κ1) is 11.9. The van der Waals surface area contributed by atoms with Crippen molar-refractivity contribution in [1.82, 2.24) is 4.90 Å². The molecule has 1 aromatic carbocycles. The van der Waals surface area contributed by atoms with Crippen molar-refractivity contribution in [2.75, 3.05) is 25.1 Å². The van der Waals surface area contributed by atoms with E-state index in [1.54, 1.807) is 25.2 Å². The zero-order valence-electron chi connectivity index (χ0n) is 9.10. The molecule has 1 amide bonds. The molecule has 0 aromatic heterocycles. The molecule has 0 unspecified atom stereocenters. The number of nitriles is 1. The lowest BCUT2D eigenvalue weighted by molar-refractivity contribution is 0.0799. The number of nitrogens with zero attached hydrogens (tertiary/aromatic N) is 2. The number of carbonyl (C=O) groups excluding carboxylic acids is 1. The van der Waals surface area contributed by atoms with Gasteiger partial charge in [-0.15, -0.1) is 0 Å². The predicted octanol–water partition coefficient (Wildman–Crippen LogP) is 0.837. The van der Waals surface area contributed by atoms with Crippen LogP contribution in [0, 0.1) is 11.3 Å². The van der Waals surface area contributed by atoms with Crippen molar-refractivity contribution >= 4 is 17.3 Å². The highest BCUT2D eigenvalue weighted by atomic mass is 16.2. The van der Waals surface area contributed by atoms with E-state index >= 15 is 0 Å². The Labute approximate surface area is 94.2 Å². The van der Waals surface area contributed by atoms with Crippen LogP contribution in [-0.2, 0) is 0 Å². The van der Waals surface area contributed by atoms with E-state index in [0.717, 1.165) is 0 Å². The summed E-state index contributed by atoms with van der Waals surface area (Å²) in [6.07, 6.45) is 0.303. The molecule has 0 radical (unpaired) electrons. The lowest BCUT2D eigenvalue weighted by Crippen LogP contribution is -2.28. The first-order valence-electron chi connectivity index (χ1n) is 4.83. The number of hydrogen-bond acceptors (Lipinski definition) is 4.